The Morgan fingerprint density at radius 3 is 2.55 bits per heavy atom. The van der Waals surface area contributed by atoms with Gasteiger partial charge in [-0.1, -0.05) is 41.0 Å². The quantitative estimate of drug-likeness (QED) is 0.322. The number of anilines is 1. The van der Waals surface area contributed by atoms with Crippen LogP contribution in [0.25, 0.3) is 22.6 Å². The van der Waals surface area contributed by atoms with Crippen LogP contribution in [0.1, 0.15) is 23.2 Å². The van der Waals surface area contributed by atoms with Gasteiger partial charge in [0.2, 0.25) is 17.4 Å². The van der Waals surface area contributed by atoms with Crippen molar-refractivity contribution >= 4 is 34.8 Å². The van der Waals surface area contributed by atoms with Gasteiger partial charge in [0, 0.05) is 43.7 Å². The van der Waals surface area contributed by atoms with Crippen LogP contribution in [0, 0.1) is 0 Å². The molecule has 4 aromatic rings. The molecule has 4 heterocycles. The van der Waals surface area contributed by atoms with E-state index >= 15 is 0 Å². The fourth-order valence-corrected chi connectivity index (χ4v) is 3.81. The molecule has 0 saturated carbocycles. The summed E-state index contributed by atoms with van der Waals surface area (Å²) in [4.78, 5) is 29.8. The molecular formula is C23H21ClN6O3. The van der Waals surface area contributed by atoms with Gasteiger partial charge in [0.15, 0.2) is 5.58 Å². The molecule has 1 saturated heterocycles. The number of nitrogens with zero attached hydrogens (tertiary/aromatic N) is 6. The number of aromatic nitrogens is 4. The lowest BCUT2D eigenvalue weighted by molar-refractivity contribution is 0.0745. The largest absolute Gasteiger partial charge is 0.422 e. The predicted molar refractivity (Wildman–Crippen MR) is 123 cm³/mol. The van der Waals surface area contributed by atoms with Gasteiger partial charge in [0.05, 0.1) is 0 Å². The van der Waals surface area contributed by atoms with E-state index in [0.717, 1.165) is 11.1 Å². The summed E-state index contributed by atoms with van der Waals surface area (Å²) in [6.07, 6.45) is 0.545. The molecule has 0 unspecified atom stereocenters. The smallest absolute Gasteiger partial charge is 0.300 e. The van der Waals surface area contributed by atoms with E-state index in [2.05, 4.69) is 26.7 Å². The second-order valence-electron chi connectivity index (χ2n) is 7.95. The van der Waals surface area contributed by atoms with Crippen molar-refractivity contribution in [1.82, 2.24) is 25.0 Å². The molecule has 168 valence electrons. The van der Waals surface area contributed by atoms with Crippen LogP contribution in [0.2, 0.25) is 5.15 Å². The summed E-state index contributed by atoms with van der Waals surface area (Å²) in [7, 11) is 0. The van der Waals surface area contributed by atoms with Gasteiger partial charge >= 0.3 is 0 Å². The lowest BCUT2D eigenvalue weighted by Gasteiger charge is -2.33. The van der Waals surface area contributed by atoms with E-state index in [9.17, 15) is 4.79 Å². The van der Waals surface area contributed by atoms with Crippen LogP contribution < -0.4 is 4.90 Å². The van der Waals surface area contributed by atoms with Crippen molar-refractivity contribution in [2.75, 3.05) is 31.1 Å². The Morgan fingerprint density at radius 2 is 1.82 bits per heavy atom. The van der Waals surface area contributed by atoms with Crippen molar-refractivity contribution in [1.29, 1.82) is 0 Å². The standard InChI is InChI=1S/C23H21ClN6O3/c1-14(2)13-19-26-20(28-33-19)15-3-5-16(6-4-15)22(31)29-9-11-30(12-10-29)23-27-21-17(32-23)7-8-18(24)25-21/h3-8H,1,9-13H2,2H3. The topological polar surface area (TPSA) is 101 Å². The van der Waals surface area contributed by atoms with E-state index in [1.54, 1.807) is 24.3 Å². The summed E-state index contributed by atoms with van der Waals surface area (Å²) in [5.74, 6) is 0.990. The monoisotopic (exact) mass is 464 g/mol. The summed E-state index contributed by atoms with van der Waals surface area (Å²) < 4.78 is 11.0. The van der Waals surface area contributed by atoms with E-state index in [-0.39, 0.29) is 5.91 Å². The zero-order chi connectivity index (χ0) is 22.9. The molecule has 0 atom stereocenters. The fourth-order valence-electron chi connectivity index (χ4n) is 3.67. The van der Waals surface area contributed by atoms with Crippen LogP contribution in [0.15, 0.2) is 57.5 Å². The second-order valence-corrected chi connectivity index (χ2v) is 8.34. The van der Waals surface area contributed by atoms with Crippen LogP contribution in [-0.4, -0.2) is 57.1 Å². The van der Waals surface area contributed by atoms with Gasteiger partial charge in [-0.25, -0.2) is 4.98 Å². The van der Waals surface area contributed by atoms with E-state index < -0.39 is 0 Å². The Bertz CT molecular complexity index is 1320. The summed E-state index contributed by atoms with van der Waals surface area (Å²) in [6.45, 7) is 8.10. The Hall–Kier alpha value is -3.72. The molecular weight excluding hydrogens is 444 g/mol. The molecule has 33 heavy (non-hydrogen) atoms. The van der Waals surface area contributed by atoms with Crippen LogP contribution in [0.3, 0.4) is 0 Å². The zero-order valence-corrected chi connectivity index (χ0v) is 18.7. The minimum atomic E-state index is -0.0247. The highest BCUT2D eigenvalue weighted by atomic mass is 35.5. The first-order valence-corrected chi connectivity index (χ1v) is 10.9. The highest BCUT2D eigenvalue weighted by Gasteiger charge is 2.25. The Kier molecular flexibility index (Phi) is 5.55. The summed E-state index contributed by atoms with van der Waals surface area (Å²) >= 11 is 5.92. The predicted octanol–water partition coefficient (Wildman–Crippen LogP) is 4.01. The molecule has 0 spiro atoms. The molecule has 0 radical (unpaired) electrons. The van der Waals surface area contributed by atoms with Gasteiger partial charge in [-0.2, -0.15) is 9.97 Å². The Balaban J connectivity index is 1.22. The van der Waals surface area contributed by atoms with Crippen molar-refractivity contribution in [3.05, 3.63) is 65.2 Å². The molecule has 1 aliphatic heterocycles. The summed E-state index contributed by atoms with van der Waals surface area (Å²) in [5, 5.41) is 4.38. The van der Waals surface area contributed by atoms with E-state index in [0.29, 0.717) is 72.3 Å². The maximum atomic E-state index is 13.0. The second kappa shape index (κ2) is 8.67. The third kappa shape index (κ3) is 4.45. The first kappa shape index (κ1) is 21.1. The lowest BCUT2D eigenvalue weighted by Crippen LogP contribution is -2.48. The third-order valence-corrected chi connectivity index (χ3v) is 5.57. The number of hydrogen-bond donors (Lipinski definition) is 0. The van der Waals surface area contributed by atoms with Crippen LogP contribution in [-0.2, 0) is 6.42 Å². The number of piperazine rings is 1. The van der Waals surface area contributed by atoms with Crippen molar-refractivity contribution in [3.63, 3.8) is 0 Å². The van der Waals surface area contributed by atoms with Gasteiger partial charge in [-0.3, -0.25) is 4.79 Å². The summed E-state index contributed by atoms with van der Waals surface area (Å²) in [5.41, 5.74) is 3.41. The number of halogens is 1. The number of fused-ring (bicyclic) bond motifs is 1. The van der Waals surface area contributed by atoms with E-state index in [1.807, 2.05) is 28.9 Å². The van der Waals surface area contributed by atoms with Crippen molar-refractivity contribution < 1.29 is 13.7 Å². The molecule has 0 N–H and O–H groups in total. The number of allylic oxidation sites excluding steroid dienone is 1. The Labute approximate surface area is 194 Å². The SMILES string of the molecule is C=C(C)Cc1nc(-c2ccc(C(=O)N3CCN(c4nc5nc(Cl)ccc5o4)CC3)cc2)no1. The average Bonchev–Trinajstić information content (AvgIpc) is 3.45. The molecule has 9 nitrogen and oxygen atoms in total. The number of rotatable bonds is 5. The minimum absolute atomic E-state index is 0.0247. The third-order valence-electron chi connectivity index (χ3n) is 5.36. The molecule has 1 aliphatic rings. The normalized spacial score (nSPS) is 14.1. The molecule has 1 fully saturated rings. The van der Waals surface area contributed by atoms with Gasteiger partial charge in [-0.15, -0.1) is 0 Å². The number of carbonyl (C=O) groups is 1. The van der Waals surface area contributed by atoms with Crippen molar-refractivity contribution in [2.45, 2.75) is 13.3 Å². The Morgan fingerprint density at radius 1 is 1.06 bits per heavy atom. The van der Waals surface area contributed by atoms with Gasteiger partial charge in [0.1, 0.15) is 5.15 Å². The molecule has 10 heteroatoms. The fraction of sp³-hybridized carbons (Fsp3) is 0.261. The number of pyridine rings is 1. The molecule has 1 amide bonds. The lowest BCUT2D eigenvalue weighted by atomic mass is 10.1. The van der Waals surface area contributed by atoms with Crippen LogP contribution in [0.4, 0.5) is 6.01 Å². The van der Waals surface area contributed by atoms with Gasteiger partial charge in [-0.05, 0) is 31.2 Å². The van der Waals surface area contributed by atoms with Crippen molar-refractivity contribution in [2.24, 2.45) is 0 Å². The molecule has 1 aromatic carbocycles. The molecule has 3 aromatic heterocycles. The maximum Gasteiger partial charge on any atom is 0.300 e. The van der Waals surface area contributed by atoms with E-state index in [1.165, 1.54) is 0 Å². The highest BCUT2D eigenvalue weighted by Crippen LogP contribution is 2.24. The maximum absolute atomic E-state index is 13.0. The van der Waals surface area contributed by atoms with Gasteiger partial charge in [0.25, 0.3) is 11.9 Å². The van der Waals surface area contributed by atoms with Crippen LogP contribution >= 0.6 is 11.6 Å². The first-order chi connectivity index (χ1) is 16.0. The minimum Gasteiger partial charge on any atom is -0.422 e. The van der Waals surface area contributed by atoms with E-state index in [4.69, 9.17) is 20.5 Å². The van der Waals surface area contributed by atoms with Crippen molar-refractivity contribution in [3.8, 4) is 11.4 Å². The summed E-state index contributed by atoms with van der Waals surface area (Å²) in [6, 6.07) is 11.1. The number of benzene rings is 1. The van der Waals surface area contributed by atoms with Gasteiger partial charge < -0.3 is 18.7 Å². The molecule has 0 bridgehead atoms. The number of hydrogen-bond acceptors (Lipinski definition) is 8. The number of oxazole rings is 1. The molecule has 5 rings (SSSR count). The average molecular weight is 465 g/mol. The number of carbonyl (C=O) groups excluding carboxylic acids is 1. The zero-order valence-electron chi connectivity index (χ0n) is 18.0. The first-order valence-electron chi connectivity index (χ1n) is 10.5. The molecule has 0 aliphatic carbocycles. The van der Waals surface area contributed by atoms with Crippen LogP contribution in [0.5, 0.6) is 0 Å². The number of amides is 1. The highest BCUT2D eigenvalue weighted by molar-refractivity contribution is 6.29.